The second-order valence-electron chi connectivity index (χ2n) is 4.65. The summed E-state index contributed by atoms with van der Waals surface area (Å²) in [5.74, 6) is 0.274. The third kappa shape index (κ3) is 3.52. The predicted molar refractivity (Wildman–Crippen MR) is 66.0 cm³/mol. The van der Waals surface area contributed by atoms with Crippen LogP contribution in [-0.4, -0.2) is 54.0 Å². The van der Waals surface area contributed by atoms with Gasteiger partial charge in [0.05, 0.1) is 5.75 Å². The summed E-state index contributed by atoms with van der Waals surface area (Å²) in [6, 6.07) is -0.437. The molecule has 1 aromatic heterocycles. The number of amides is 1. The molecular weight excluding hydrogens is 256 g/mol. The maximum Gasteiger partial charge on any atom is 0.345 e. The highest BCUT2D eigenvalue weighted by Crippen LogP contribution is 2.09. The minimum Gasteiger partial charge on any atom is -0.329 e. The molecule has 0 fully saturated rings. The molecule has 7 nitrogen and oxygen atoms in total. The first kappa shape index (κ1) is 14.6. The van der Waals surface area contributed by atoms with Crippen molar-refractivity contribution in [2.75, 3.05) is 19.8 Å². The van der Waals surface area contributed by atoms with E-state index in [-0.39, 0.29) is 16.8 Å². The van der Waals surface area contributed by atoms with Gasteiger partial charge in [-0.2, -0.15) is 4.68 Å². The predicted octanol–water partition coefficient (Wildman–Crippen LogP) is 0.628. The molecule has 1 amide bonds. The summed E-state index contributed by atoms with van der Waals surface area (Å²) >= 11 is 0. The Morgan fingerprint density at radius 1 is 1.44 bits per heavy atom. The minimum atomic E-state index is -3.51. The van der Waals surface area contributed by atoms with Crippen molar-refractivity contribution in [2.45, 2.75) is 25.4 Å². The average molecular weight is 274 g/mol. The van der Waals surface area contributed by atoms with E-state index in [1.807, 2.05) is 13.8 Å². The zero-order valence-electron chi connectivity index (χ0n) is 11.0. The fourth-order valence-corrected chi connectivity index (χ4v) is 2.55. The minimum absolute atomic E-state index is 0.00909. The van der Waals surface area contributed by atoms with Crippen molar-refractivity contribution < 1.29 is 13.2 Å². The molecule has 102 valence electrons. The molecule has 0 radical (unpaired) electrons. The van der Waals surface area contributed by atoms with Gasteiger partial charge in [0.1, 0.15) is 6.33 Å². The molecule has 0 saturated heterocycles. The number of carbonyl (C=O) groups is 1. The third-order valence-electron chi connectivity index (χ3n) is 2.29. The van der Waals surface area contributed by atoms with Crippen molar-refractivity contribution in [3.63, 3.8) is 0 Å². The average Bonchev–Trinajstić information content (AvgIpc) is 2.75. The lowest BCUT2D eigenvalue weighted by atomic mass is 10.2. The van der Waals surface area contributed by atoms with Crippen molar-refractivity contribution in [1.29, 1.82) is 0 Å². The van der Waals surface area contributed by atoms with Crippen LogP contribution in [0, 0.1) is 5.92 Å². The zero-order chi connectivity index (χ0) is 13.9. The van der Waals surface area contributed by atoms with E-state index in [1.165, 1.54) is 4.90 Å². The Balaban J connectivity index is 2.88. The number of sulfone groups is 1. The van der Waals surface area contributed by atoms with Crippen LogP contribution < -0.4 is 0 Å². The fourth-order valence-electron chi connectivity index (χ4n) is 1.17. The molecule has 8 heteroatoms. The molecule has 0 spiro atoms. The molecule has 0 aliphatic rings. The van der Waals surface area contributed by atoms with Crippen LogP contribution in [0.15, 0.2) is 11.5 Å². The van der Waals surface area contributed by atoms with E-state index in [0.29, 0.717) is 6.42 Å². The van der Waals surface area contributed by atoms with Gasteiger partial charge >= 0.3 is 6.03 Å². The smallest absolute Gasteiger partial charge is 0.329 e. The van der Waals surface area contributed by atoms with Gasteiger partial charge in [-0.05, 0) is 12.3 Å². The highest BCUT2D eigenvalue weighted by molar-refractivity contribution is 7.91. The Bertz CT molecular complexity index is 519. The van der Waals surface area contributed by atoms with Crippen molar-refractivity contribution in [1.82, 2.24) is 19.7 Å². The largest absolute Gasteiger partial charge is 0.345 e. The second kappa shape index (κ2) is 5.47. The van der Waals surface area contributed by atoms with Crippen molar-refractivity contribution in [3.8, 4) is 0 Å². The molecule has 0 saturated carbocycles. The summed E-state index contributed by atoms with van der Waals surface area (Å²) in [4.78, 5) is 16.5. The molecule has 0 aliphatic carbocycles. The number of carbonyl (C=O) groups excluding carboxylic acids is 1. The normalized spacial score (nSPS) is 11.8. The van der Waals surface area contributed by atoms with Crippen molar-refractivity contribution in [3.05, 3.63) is 6.33 Å². The highest BCUT2D eigenvalue weighted by Gasteiger charge is 2.21. The monoisotopic (exact) mass is 274 g/mol. The summed E-state index contributed by atoms with van der Waals surface area (Å²) in [7, 11) is -0.402. The maximum atomic E-state index is 11.9. The first-order valence-electron chi connectivity index (χ1n) is 5.60. The van der Waals surface area contributed by atoms with Crippen molar-refractivity contribution in [2.24, 2.45) is 5.92 Å². The molecule has 0 N–H and O–H groups in total. The van der Waals surface area contributed by atoms with Gasteiger partial charge in [-0.1, -0.05) is 13.8 Å². The number of nitrogens with zero attached hydrogens (tertiary/aromatic N) is 4. The zero-order valence-corrected chi connectivity index (χ0v) is 11.8. The summed E-state index contributed by atoms with van der Waals surface area (Å²) in [5, 5.41) is 3.41. The standard InChI is InChI=1S/C10H18N4O3S/c1-8(2)5-6-18(16,17)9-11-7-14(12-9)10(15)13(3)4/h7-8H,5-6H2,1-4H3. The third-order valence-corrected chi connectivity index (χ3v) is 3.81. The van der Waals surface area contributed by atoms with Gasteiger partial charge in [-0.3, -0.25) is 0 Å². The first-order valence-corrected chi connectivity index (χ1v) is 7.25. The van der Waals surface area contributed by atoms with Gasteiger partial charge in [-0.15, -0.1) is 5.10 Å². The Labute approximate surface area is 107 Å². The van der Waals surface area contributed by atoms with E-state index in [4.69, 9.17) is 0 Å². The van der Waals surface area contributed by atoms with Crippen LogP contribution in [0.2, 0.25) is 0 Å². The second-order valence-corrected chi connectivity index (χ2v) is 6.65. The molecule has 1 rings (SSSR count). The van der Waals surface area contributed by atoms with Crippen LogP contribution in [0.5, 0.6) is 0 Å². The van der Waals surface area contributed by atoms with E-state index in [2.05, 4.69) is 10.1 Å². The van der Waals surface area contributed by atoms with Gasteiger partial charge in [0, 0.05) is 14.1 Å². The topological polar surface area (TPSA) is 85.2 Å². The maximum absolute atomic E-state index is 11.9. The molecule has 1 heterocycles. The van der Waals surface area contributed by atoms with E-state index in [0.717, 1.165) is 11.0 Å². The van der Waals surface area contributed by atoms with E-state index >= 15 is 0 Å². The quantitative estimate of drug-likeness (QED) is 0.803. The molecule has 0 aliphatic heterocycles. The van der Waals surface area contributed by atoms with Crippen LogP contribution in [-0.2, 0) is 9.84 Å². The Morgan fingerprint density at radius 3 is 2.56 bits per heavy atom. The Kier molecular flexibility index (Phi) is 4.44. The number of aromatic nitrogens is 3. The summed E-state index contributed by atoms with van der Waals surface area (Å²) in [5.41, 5.74) is 0. The fraction of sp³-hybridized carbons (Fsp3) is 0.700. The van der Waals surface area contributed by atoms with E-state index in [1.54, 1.807) is 14.1 Å². The Hall–Kier alpha value is -1.44. The molecule has 0 aromatic carbocycles. The van der Waals surface area contributed by atoms with E-state index < -0.39 is 15.9 Å². The van der Waals surface area contributed by atoms with Gasteiger partial charge in [0.2, 0.25) is 9.84 Å². The molecule has 0 bridgehead atoms. The van der Waals surface area contributed by atoms with Gasteiger partial charge in [-0.25, -0.2) is 18.2 Å². The van der Waals surface area contributed by atoms with Crippen LogP contribution >= 0.6 is 0 Å². The summed E-state index contributed by atoms with van der Waals surface area (Å²) < 4.78 is 24.7. The summed E-state index contributed by atoms with van der Waals surface area (Å²) in [6.45, 7) is 3.88. The van der Waals surface area contributed by atoms with Crippen LogP contribution in [0.1, 0.15) is 20.3 Å². The SMILES string of the molecule is CC(C)CCS(=O)(=O)c1ncn(C(=O)N(C)C)n1. The molecule has 0 atom stereocenters. The van der Waals surface area contributed by atoms with Crippen LogP contribution in [0.4, 0.5) is 4.79 Å². The molecule has 1 aromatic rings. The first-order chi connectivity index (χ1) is 8.24. The lowest BCUT2D eigenvalue weighted by molar-refractivity contribution is 0.215. The van der Waals surface area contributed by atoms with Gasteiger partial charge in [0.15, 0.2) is 0 Å². The lowest BCUT2D eigenvalue weighted by Gasteiger charge is -2.08. The van der Waals surface area contributed by atoms with Gasteiger partial charge in [0.25, 0.3) is 5.16 Å². The summed E-state index contributed by atoms with van der Waals surface area (Å²) in [6.07, 6.45) is 1.66. The highest BCUT2D eigenvalue weighted by atomic mass is 32.2. The number of rotatable bonds is 4. The Morgan fingerprint density at radius 2 is 2.06 bits per heavy atom. The van der Waals surface area contributed by atoms with E-state index in [9.17, 15) is 13.2 Å². The van der Waals surface area contributed by atoms with Crippen LogP contribution in [0.3, 0.4) is 0 Å². The number of hydrogen-bond acceptors (Lipinski definition) is 5. The molecular formula is C10H18N4O3S. The van der Waals surface area contributed by atoms with Crippen LogP contribution in [0.25, 0.3) is 0 Å². The van der Waals surface area contributed by atoms with Crippen molar-refractivity contribution >= 4 is 15.9 Å². The number of hydrogen-bond donors (Lipinski definition) is 0. The molecule has 0 unspecified atom stereocenters. The lowest BCUT2D eigenvalue weighted by Crippen LogP contribution is -2.27. The van der Waals surface area contributed by atoms with Gasteiger partial charge < -0.3 is 4.90 Å². The molecule has 18 heavy (non-hydrogen) atoms.